The highest BCUT2D eigenvalue weighted by atomic mass is 16.2. The van der Waals surface area contributed by atoms with Crippen molar-refractivity contribution in [3.63, 3.8) is 0 Å². The van der Waals surface area contributed by atoms with Gasteiger partial charge in [0.25, 0.3) is 0 Å². The Balaban J connectivity index is 1.62. The number of hydrogen-bond acceptors (Lipinski definition) is 3. The number of carbonyl (C=O) groups is 2. The number of amides is 2. The van der Waals surface area contributed by atoms with Gasteiger partial charge in [-0.05, 0) is 32.2 Å². The van der Waals surface area contributed by atoms with Crippen LogP contribution < -0.4 is 10.6 Å². The molecular weight excluding hydrogens is 230 g/mol. The molecule has 5 nitrogen and oxygen atoms in total. The number of nitrogens with zero attached hydrogens (tertiary/aromatic N) is 1. The van der Waals surface area contributed by atoms with E-state index >= 15 is 0 Å². The first kappa shape index (κ1) is 13.3. The van der Waals surface area contributed by atoms with Crippen LogP contribution in [0, 0.1) is 5.92 Å². The van der Waals surface area contributed by atoms with Crippen LogP contribution in [0.15, 0.2) is 0 Å². The van der Waals surface area contributed by atoms with Gasteiger partial charge in [0.1, 0.15) is 0 Å². The van der Waals surface area contributed by atoms with Crippen LogP contribution in [0.25, 0.3) is 0 Å². The molecule has 0 aromatic rings. The largest absolute Gasteiger partial charge is 0.355 e. The summed E-state index contributed by atoms with van der Waals surface area (Å²) in [5, 5.41) is 6.04. The molecule has 18 heavy (non-hydrogen) atoms. The zero-order valence-corrected chi connectivity index (χ0v) is 10.9. The molecule has 1 unspecified atom stereocenters. The second kappa shape index (κ2) is 6.73. The molecule has 0 saturated carbocycles. The predicted molar refractivity (Wildman–Crippen MR) is 69.0 cm³/mol. The summed E-state index contributed by atoms with van der Waals surface area (Å²) < 4.78 is 0. The molecule has 2 aliphatic rings. The molecule has 2 rings (SSSR count). The molecule has 1 atom stereocenters. The first-order valence-corrected chi connectivity index (χ1v) is 7.03. The molecule has 0 aliphatic carbocycles. The topological polar surface area (TPSA) is 61.4 Å². The van der Waals surface area contributed by atoms with Crippen LogP contribution >= 0.6 is 0 Å². The third kappa shape index (κ3) is 3.70. The van der Waals surface area contributed by atoms with E-state index in [2.05, 4.69) is 10.6 Å². The van der Waals surface area contributed by atoms with Gasteiger partial charge in [-0.2, -0.15) is 0 Å². The van der Waals surface area contributed by atoms with Crippen LogP contribution in [0.4, 0.5) is 0 Å². The van der Waals surface area contributed by atoms with Gasteiger partial charge in [0.05, 0.1) is 5.92 Å². The summed E-state index contributed by atoms with van der Waals surface area (Å²) in [4.78, 5) is 25.5. The Morgan fingerprint density at radius 1 is 1.22 bits per heavy atom. The van der Waals surface area contributed by atoms with Gasteiger partial charge in [-0.3, -0.25) is 9.59 Å². The number of nitrogens with one attached hydrogen (secondary N) is 2. The van der Waals surface area contributed by atoms with Crippen molar-refractivity contribution in [2.75, 3.05) is 32.7 Å². The van der Waals surface area contributed by atoms with Crippen molar-refractivity contribution in [3.05, 3.63) is 0 Å². The van der Waals surface area contributed by atoms with Crippen LogP contribution in [0.2, 0.25) is 0 Å². The first-order chi connectivity index (χ1) is 8.77. The van der Waals surface area contributed by atoms with Crippen LogP contribution in [0.1, 0.15) is 32.1 Å². The molecule has 0 spiro atoms. The minimum absolute atomic E-state index is 0.0893. The highest BCUT2D eigenvalue weighted by Crippen LogP contribution is 2.10. The average Bonchev–Trinajstić information content (AvgIpc) is 2.93. The molecular formula is C13H23N3O2. The average molecular weight is 253 g/mol. The van der Waals surface area contributed by atoms with Gasteiger partial charge in [-0.1, -0.05) is 0 Å². The minimum atomic E-state index is 0.0893. The normalized spacial score (nSPS) is 24.0. The van der Waals surface area contributed by atoms with Gasteiger partial charge in [-0.15, -0.1) is 0 Å². The summed E-state index contributed by atoms with van der Waals surface area (Å²) in [5.41, 5.74) is 0. The fourth-order valence-corrected chi connectivity index (χ4v) is 2.62. The van der Waals surface area contributed by atoms with Gasteiger partial charge in [0, 0.05) is 32.6 Å². The van der Waals surface area contributed by atoms with Gasteiger partial charge < -0.3 is 15.5 Å². The molecule has 5 heteroatoms. The lowest BCUT2D eigenvalue weighted by molar-refractivity contribution is -0.132. The van der Waals surface area contributed by atoms with Crippen LogP contribution in [-0.2, 0) is 9.59 Å². The van der Waals surface area contributed by atoms with E-state index in [-0.39, 0.29) is 17.7 Å². The smallest absolute Gasteiger partial charge is 0.224 e. The van der Waals surface area contributed by atoms with Crippen molar-refractivity contribution >= 4 is 11.8 Å². The molecule has 2 N–H and O–H groups in total. The molecule has 2 saturated heterocycles. The second-order valence-electron chi connectivity index (χ2n) is 5.17. The summed E-state index contributed by atoms with van der Waals surface area (Å²) in [6.45, 7) is 3.94. The fourth-order valence-electron chi connectivity index (χ4n) is 2.62. The van der Waals surface area contributed by atoms with E-state index < -0.39 is 0 Å². The van der Waals surface area contributed by atoms with Gasteiger partial charge in [-0.25, -0.2) is 0 Å². The van der Waals surface area contributed by atoms with E-state index in [4.69, 9.17) is 0 Å². The summed E-state index contributed by atoms with van der Waals surface area (Å²) in [6.07, 6.45) is 4.81. The van der Waals surface area contributed by atoms with Crippen LogP contribution in [0.5, 0.6) is 0 Å². The summed E-state index contributed by atoms with van der Waals surface area (Å²) in [6, 6.07) is 0. The summed E-state index contributed by atoms with van der Waals surface area (Å²) in [5.74, 6) is 0.362. The lowest BCUT2D eigenvalue weighted by Gasteiger charge is -2.26. The molecule has 0 aromatic carbocycles. The zero-order valence-electron chi connectivity index (χ0n) is 10.9. The molecule has 2 aliphatic heterocycles. The van der Waals surface area contributed by atoms with Crippen molar-refractivity contribution in [3.8, 4) is 0 Å². The predicted octanol–water partition coefficient (Wildman–Crippen LogP) is 0.115. The Labute approximate surface area is 108 Å². The van der Waals surface area contributed by atoms with Crippen molar-refractivity contribution in [2.24, 2.45) is 5.92 Å². The van der Waals surface area contributed by atoms with E-state index in [9.17, 15) is 9.59 Å². The lowest BCUT2D eigenvalue weighted by Crippen LogP contribution is -2.39. The van der Waals surface area contributed by atoms with E-state index in [0.29, 0.717) is 13.0 Å². The zero-order chi connectivity index (χ0) is 12.8. The van der Waals surface area contributed by atoms with Crippen LogP contribution in [-0.4, -0.2) is 49.4 Å². The van der Waals surface area contributed by atoms with E-state index in [0.717, 1.165) is 45.4 Å². The molecule has 2 fully saturated rings. The van der Waals surface area contributed by atoms with E-state index in [1.165, 1.54) is 6.42 Å². The van der Waals surface area contributed by atoms with Crippen molar-refractivity contribution in [2.45, 2.75) is 32.1 Å². The van der Waals surface area contributed by atoms with Gasteiger partial charge >= 0.3 is 0 Å². The third-order valence-corrected chi connectivity index (χ3v) is 3.78. The van der Waals surface area contributed by atoms with Crippen molar-refractivity contribution < 1.29 is 9.59 Å². The number of carbonyl (C=O) groups excluding carboxylic acids is 2. The number of piperidine rings is 1. The Morgan fingerprint density at radius 3 is 2.67 bits per heavy atom. The molecule has 0 aromatic heterocycles. The second-order valence-corrected chi connectivity index (χ2v) is 5.17. The SMILES string of the molecule is O=C(NCCC(=O)N1CCCCC1)C1CCNC1. The number of likely N-dealkylation sites (tertiary alicyclic amines) is 1. The van der Waals surface area contributed by atoms with Gasteiger partial charge in [0.2, 0.25) is 11.8 Å². The number of hydrogen-bond donors (Lipinski definition) is 2. The van der Waals surface area contributed by atoms with E-state index in [1.54, 1.807) is 0 Å². The molecule has 102 valence electrons. The third-order valence-electron chi connectivity index (χ3n) is 3.78. The monoisotopic (exact) mass is 253 g/mol. The summed E-state index contributed by atoms with van der Waals surface area (Å²) >= 11 is 0. The fraction of sp³-hybridized carbons (Fsp3) is 0.846. The lowest BCUT2D eigenvalue weighted by atomic mass is 10.1. The molecule has 0 bridgehead atoms. The summed E-state index contributed by atoms with van der Waals surface area (Å²) in [7, 11) is 0. The minimum Gasteiger partial charge on any atom is -0.355 e. The maximum Gasteiger partial charge on any atom is 0.224 e. The Bertz CT molecular complexity index is 295. The quantitative estimate of drug-likeness (QED) is 0.748. The number of rotatable bonds is 4. The Kier molecular flexibility index (Phi) is 4.99. The molecule has 2 heterocycles. The highest BCUT2D eigenvalue weighted by Gasteiger charge is 2.22. The Hall–Kier alpha value is -1.10. The molecule has 2 amide bonds. The highest BCUT2D eigenvalue weighted by molar-refractivity contribution is 5.81. The first-order valence-electron chi connectivity index (χ1n) is 7.03. The molecule has 0 radical (unpaired) electrons. The van der Waals surface area contributed by atoms with E-state index in [1.807, 2.05) is 4.90 Å². The maximum absolute atomic E-state index is 11.9. The van der Waals surface area contributed by atoms with Crippen LogP contribution in [0.3, 0.4) is 0 Å². The maximum atomic E-state index is 11.9. The van der Waals surface area contributed by atoms with Gasteiger partial charge in [0.15, 0.2) is 0 Å². The Morgan fingerprint density at radius 2 is 2.00 bits per heavy atom. The standard InChI is InChI=1S/C13H23N3O2/c17-12(16-8-2-1-3-9-16)5-7-15-13(18)11-4-6-14-10-11/h11,14H,1-10H2,(H,15,18). The van der Waals surface area contributed by atoms with Crippen molar-refractivity contribution in [1.82, 2.24) is 15.5 Å². The van der Waals surface area contributed by atoms with Crippen molar-refractivity contribution in [1.29, 1.82) is 0 Å².